The second-order valence-corrected chi connectivity index (χ2v) is 7.17. The van der Waals surface area contributed by atoms with Crippen LogP contribution in [0.3, 0.4) is 0 Å². The van der Waals surface area contributed by atoms with Gasteiger partial charge in [0, 0.05) is 17.6 Å². The van der Waals surface area contributed by atoms with E-state index in [1.807, 2.05) is 12.1 Å². The van der Waals surface area contributed by atoms with Crippen molar-refractivity contribution in [3.05, 3.63) is 77.0 Å². The summed E-state index contributed by atoms with van der Waals surface area (Å²) < 4.78 is 15.5. The van der Waals surface area contributed by atoms with E-state index in [0.717, 1.165) is 0 Å². The Hall–Kier alpha value is -3.20. The predicted octanol–water partition coefficient (Wildman–Crippen LogP) is 2.88. The number of nitrogens with two attached hydrogens (primary N) is 1. The van der Waals surface area contributed by atoms with Crippen LogP contribution in [0.15, 0.2) is 65.1 Å². The summed E-state index contributed by atoms with van der Waals surface area (Å²) in [5.74, 6) is 0.0490. The zero-order valence-electron chi connectivity index (χ0n) is 15.0. The SMILES string of the molecule is CC1=C(C(N)=O)[C@H](c2ccccn2)n2nc(SCc3ccccc3F)nc2N1. The number of anilines is 1. The fourth-order valence-electron chi connectivity index (χ4n) is 3.08. The lowest BCUT2D eigenvalue weighted by molar-refractivity contribution is -0.115. The first-order valence-corrected chi connectivity index (χ1v) is 9.54. The molecule has 2 aromatic heterocycles. The number of fused-ring (bicyclic) bond motifs is 1. The first-order chi connectivity index (χ1) is 13.5. The molecule has 1 aromatic carbocycles. The molecule has 3 heterocycles. The van der Waals surface area contributed by atoms with Crippen molar-refractivity contribution in [1.29, 1.82) is 0 Å². The van der Waals surface area contributed by atoms with Crippen LogP contribution in [0.1, 0.15) is 24.2 Å². The molecule has 0 saturated carbocycles. The van der Waals surface area contributed by atoms with E-state index in [0.29, 0.717) is 39.4 Å². The molecule has 1 aliphatic rings. The van der Waals surface area contributed by atoms with E-state index in [1.165, 1.54) is 17.8 Å². The number of hydrogen-bond donors (Lipinski definition) is 2. The Morgan fingerprint density at radius 3 is 2.79 bits per heavy atom. The van der Waals surface area contributed by atoms with Gasteiger partial charge in [0.1, 0.15) is 11.9 Å². The van der Waals surface area contributed by atoms with Gasteiger partial charge < -0.3 is 11.1 Å². The largest absolute Gasteiger partial charge is 0.366 e. The Bertz CT molecular complexity index is 1070. The van der Waals surface area contributed by atoms with Crippen molar-refractivity contribution in [2.75, 3.05) is 5.32 Å². The molecule has 142 valence electrons. The number of thioether (sulfide) groups is 1. The molecule has 0 fully saturated rings. The van der Waals surface area contributed by atoms with Gasteiger partial charge in [0.25, 0.3) is 0 Å². The van der Waals surface area contributed by atoms with Crippen molar-refractivity contribution in [2.45, 2.75) is 23.9 Å². The Labute approximate surface area is 164 Å². The van der Waals surface area contributed by atoms with Crippen LogP contribution in [-0.2, 0) is 10.5 Å². The van der Waals surface area contributed by atoms with Crippen molar-refractivity contribution in [2.24, 2.45) is 5.73 Å². The minimum Gasteiger partial charge on any atom is -0.366 e. The number of aromatic nitrogens is 4. The Morgan fingerprint density at radius 1 is 1.29 bits per heavy atom. The smallest absolute Gasteiger partial charge is 0.248 e. The van der Waals surface area contributed by atoms with Gasteiger partial charge in [-0.25, -0.2) is 9.07 Å². The van der Waals surface area contributed by atoms with E-state index >= 15 is 0 Å². The van der Waals surface area contributed by atoms with Crippen LogP contribution in [0.2, 0.25) is 0 Å². The maximum Gasteiger partial charge on any atom is 0.248 e. The molecule has 0 bridgehead atoms. The number of nitrogens with zero attached hydrogens (tertiary/aromatic N) is 4. The van der Waals surface area contributed by atoms with Gasteiger partial charge in [-0.3, -0.25) is 9.78 Å². The molecule has 0 saturated heterocycles. The van der Waals surface area contributed by atoms with Crippen molar-refractivity contribution in [3.63, 3.8) is 0 Å². The highest BCUT2D eigenvalue weighted by Crippen LogP contribution is 2.35. The molecule has 7 nitrogen and oxygen atoms in total. The molecule has 1 atom stereocenters. The van der Waals surface area contributed by atoms with Gasteiger partial charge in [0.2, 0.25) is 17.0 Å². The normalized spacial score (nSPS) is 15.9. The number of rotatable bonds is 5. The summed E-state index contributed by atoms with van der Waals surface area (Å²) in [6, 6.07) is 11.4. The third-order valence-corrected chi connectivity index (χ3v) is 5.27. The lowest BCUT2D eigenvalue weighted by atomic mass is 9.99. The number of benzene rings is 1. The van der Waals surface area contributed by atoms with Crippen LogP contribution < -0.4 is 11.1 Å². The first-order valence-electron chi connectivity index (χ1n) is 8.56. The Kier molecular flexibility index (Phi) is 4.82. The lowest BCUT2D eigenvalue weighted by Gasteiger charge is -2.26. The van der Waals surface area contributed by atoms with Crippen LogP contribution >= 0.6 is 11.8 Å². The summed E-state index contributed by atoms with van der Waals surface area (Å²) in [4.78, 5) is 21.0. The maximum atomic E-state index is 13.9. The Balaban J connectivity index is 1.68. The summed E-state index contributed by atoms with van der Waals surface area (Å²) in [6.07, 6.45) is 1.65. The number of hydrogen-bond acceptors (Lipinski definition) is 6. The highest BCUT2D eigenvalue weighted by atomic mass is 32.2. The maximum absolute atomic E-state index is 13.9. The number of carbonyl (C=O) groups excluding carboxylic acids is 1. The fourth-order valence-corrected chi connectivity index (χ4v) is 3.90. The zero-order valence-corrected chi connectivity index (χ0v) is 15.8. The highest BCUT2D eigenvalue weighted by Gasteiger charge is 2.34. The second kappa shape index (κ2) is 7.43. The van der Waals surface area contributed by atoms with Crippen molar-refractivity contribution < 1.29 is 9.18 Å². The fraction of sp³-hybridized carbons (Fsp3) is 0.158. The molecule has 1 amide bonds. The third-order valence-electron chi connectivity index (χ3n) is 4.38. The molecule has 0 radical (unpaired) electrons. The van der Waals surface area contributed by atoms with E-state index in [1.54, 1.807) is 42.1 Å². The number of primary amides is 1. The molecule has 3 aromatic rings. The molecular weight excluding hydrogens is 379 g/mol. The molecule has 0 unspecified atom stereocenters. The minimum atomic E-state index is -0.578. The molecule has 3 N–H and O–H groups in total. The molecule has 28 heavy (non-hydrogen) atoms. The number of allylic oxidation sites excluding steroid dienone is 1. The van der Waals surface area contributed by atoms with Crippen LogP contribution in [0.5, 0.6) is 0 Å². The second-order valence-electron chi connectivity index (χ2n) is 6.23. The van der Waals surface area contributed by atoms with E-state index in [9.17, 15) is 9.18 Å². The van der Waals surface area contributed by atoms with Gasteiger partial charge in [-0.15, -0.1) is 5.10 Å². The van der Waals surface area contributed by atoms with Gasteiger partial charge in [0.15, 0.2) is 0 Å². The zero-order chi connectivity index (χ0) is 19.7. The predicted molar refractivity (Wildman–Crippen MR) is 104 cm³/mol. The van der Waals surface area contributed by atoms with Gasteiger partial charge in [-0.2, -0.15) is 4.98 Å². The average Bonchev–Trinajstić information content (AvgIpc) is 3.09. The van der Waals surface area contributed by atoms with E-state index in [4.69, 9.17) is 5.73 Å². The van der Waals surface area contributed by atoms with E-state index in [2.05, 4.69) is 20.4 Å². The standard InChI is InChI=1S/C19H17FN6OS/c1-11-15(17(21)27)16(14-8-4-5-9-22-14)26-18(23-11)24-19(25-26)28-10-12-6-2-3-7-13(12)20/h2-9,16H,10H2,1H3,(H2,21,27)(H,23,24,25)/t16-/m0/s1. The van der Waals surface area contributed by atoms with Gasteiger partial charge in [-0.05, 0) is 30.7 Å². The number of carbonyl (C=O) groups is 1. The third kappa shape index (κ3) is 3.36. The number of amides is 1. The van der Waals surface area contributed by atoms with Gasteiger partial charge >= 0.3 is 0 Å². The monoisotopic (exact) mass is 396 g/mol. The van der Waals surface area contributed by atoms with Crippen LogP contribution in [0.4, 0.5) is 10.3 Å². The van der Waals surface area contributed by atoms with Crippen molar-refractivity contribution >= 4 is 23.6 Å². The molecule has 1 aliphatic heterocycles. The van der Waals surface area contributed by atoms with Gasteiger partial charge in [0.05, 0.1) is 11.3 Å². The first kappa shape index (κ1) is 18.2. The van der Waals surface area contributed by atoms with E-state index < -0.39 is 11.9 Å². The Morgan fingerprint density at radius 2 is 2.07 bits per heavy atom. The van der Waals surface area contributed by atoms with Crippen molar-refractivity contribution in [3.8, 4) is 0 Å². The summed E-state index contributed by atoms with van der Waals surface area (Å²) in [5, 5.41) is 8.06. The summed E-state index contributed by atoms with van der Waals surface area (Å²) in [6.45, 7) is 1.76. The van der Waals surface area contributed by atoms with Crippen LogP contribution in [0.25, 0.3) is 0 Å². The van der Waals surface area contributed by atoms with Crippen LogP contribution in [0, 0.1) is 5.82 Å². The topological polar surface area (TPSA) is 98.7 Å². The average molecular weight is 396 g/mol. The lowest BCUT2D eigenvalue weighted by Crippen LogP contribution is -2.32. The summed E-state index contributed by atoms with van der Waals surface area (Å²) >= 11 is 1.31. The molecule has 9 heteroatoms. The number of halogens is 1. The quantitative estimate of drug-likeness (QED) is 0.644. The summed E-state index contributed by atoms with van der Waals surface area (Å²) in [5.41, 5.74) is 7.81. The molecular formula is C19H17FN6OS. The molecule has 0 aliphatic carbocycles. The molecule has 0 spiro atoms. The highest BCUT2D eigenvalue weighted by molar-refractivity contribution is 7.98. The van der Waals surface area contributed by atoms with Crippen molar-refractivity contribution in [1.82, 2.24) is 19.7 Å². The van der Waals surface area contributed by atoms with Crippen LogP contribution in [-0.4, -0.2) is 25.7 Å². The minimum absolute atomic E-state index is 0.267. The number of pyridine rings is 1. The summed E-state index contributed by atoms with van der Waals surface area (Å²) in [7, 11) is 0. The van der Waals surface area contributed by atoms with Gasteiger partial charge in [-0.1, -0.05) is 36.0 Å². The number of nitrogens with one attached hydrogen (secondary N) is 1. The van der Waals surface area contributed by atoms with E-state index in [-0.39, 0.29) is 5.82 Å². The molecule has 4 rings (SSSR count).